The summed E-state index contributed by atoms with van der Waals surface area (Å²) in [6.45, 7) is 3.44. The molecule has 0 aliphatic rings. The second-order valence-corrected chi connectivity index (χ2v) is 16.7. The standard InChI is InChI=1S/C39H36BClF4N6O6S/c1-39(2,3)57-38(53)47-30(16-22-14-24(42)18-25(43)15-22)35-46-29-17-23(40)8-11-27(29)37(52)51(35)31-13-12-28(41)33-34(31)49(20-32(44)45)48-36(33)50(58(5,54)55)19-21-6-9-26(56-4)10-7-21/h6-15,17-18,30,32H,16,19-20H2,1-5H3,(H,47,53)/t30-/m0/s1. The van der Waals surface area contributed by atoms with Gasteiger partial charge in [0.05, 0.1) is 58.5 Å². The van der Waals surface area contributed by atoms with E-state index in [0.29, 0.717) is 17.4 Å². The van der Waals surface area contributed by atoms with Crippen molar-refractivity contribution in [2.24, 2.45) is 0 Å². The van der Waals surface area contributed by atoms with Crippen LogP contribution in [0.15, 0.2) is 77.6 Å². The number of sulfonamides is 1. The molecule has 0 unspecified atom stereocenters. The molecule has 58 heavy (non-hydrogen) atoms. The van der Waals surface area contributed by atoms with E-state index in [0.717, 1.165) is 31.9 Å². The average molecular weight is 839 g/mol. The first kappa shape index (κ1) is 42.0. The van der Waals surface area contributed by atoms with Gasteiger partial charge in [-0.25, -0.2) is 40.1 Å². The van der Waals surface area contributed by atoms with E-state index < -0.39 is 57.9 Å². The maximum atomic E-state index is 14.8. The molecule has 302 valence electrons. The Morgan fingerprint density at radius 2 is 1.67 bits per heavy atom. The van der Waals surface area contributed by atoms with E-state index in [-0.39, 0.29) is 68.1 Å². The number of hydrogen-bond acceptors (Lipinski definition) is 8. The Labute approximate surface area is 336 Å². The van der Waals surface area contributed by atoms with Crippen LogP contribution >= 0.6 is 11.6 Å². The molecule has 0 saturated heterocycles. The highest BCUT2D eigenvalue weighted by atomic mass is 35.5. The van der Waals surface area contributed by atoms with Gasteiger partial charge in [0.2, 0.25) is 10.0 Å². The molecule has 0 aliphatic carbocycles. The fraction of sp³-hybridized carbons (Fsp3) is 0.282. The zero-order valence-electron chi connectivity index (χ0n) is 31.8. The predicted octanol–water partition coefficient (Wildman–Crippen LogP) is 6.51. The molecule has 0 fully saturated rings. The number of methoxy groups -OCH3 is 1. The van der Waals surface area contributed by atoms with E-state index in [4.69, 9.17) is 33.9 Å². The van der Waals surface area contributed by atoms with Crippen LogP contribution in [-0.4, -0.2) is 67.1 Å². The molecule has 2 radical (unpaired) electrons. The van der Waals surface area contributed by atoms with Crippen molar-refractivity contribution in [2.75, 3.05) is 17.7 Å². The van der Waals surface area contributed by atoms with Crippen LogP contribution in [0.5, 0.6) is 5.75 Å². The molecule has 1 N–H and O–H groups in total. The average Bonchev–Trinajstić information content (AvgIpc) is 3.47. The third kappa shape index (κ3) is 9.23. The lowest BCUT2D eigenvalue weighted by molar-refractivity contribution is 0.0500. The lowest BCUT2D eigenvalue weighted by Crippen LogP contribution is -2.39. The van der Waals surface area contributed by atoms with E-state index in [2.05, 4.69) is 10.4 Å². The van der Waals surface area contributed by atoms with E-state index in [1.807, 2.05) is 0 Å². The second kappa shape index (κ2) is 16.3. The number of hydrogen-bond donors (Lipinski definition) is 1. The summed E-state index contributed by atoms with van der Waals surface area (Å²) in [6, 6.07) is 14.7. The summed E-state index contributed by atoms with van der Waals surface area (Å²) in [6.07, 6.45) is -3.47. The largest absolute Gasteiger partial charge is 0.497 e. The number of anilines is 1. The number of carbonyl (C=O) groups excluding carboxylic acids is 1. The van der Waals surface area contributed by atoms with Gasteiger partial charge in [-0.1, -0.05) is 35.3 Å². The number of nitrogens with zero attached hydrogens (tertiary/aromatic N) is 5. The van der Waals surface area contributed by atoms with Crippen molar-refractivity contribution in [1.82, 2.24) is 24.6 Å². The lowest BCUT2D eigenvalue weighted by Gasteiger charge is -2.26. The number of alkyl halides is 2. The van der Waals surface area contributed by atoms with Crippen LogP contribution in [0.2, 0.25) is 5.02 Å². The van der Waals surface area contributed by atoms with Crippen molar-refractivity contribution in [1.29, 1.82) is 0 Å². The Morgan fingerprint density at radius 1 is 1.00 bits per heavy atom. The van der Waals surface area contributed by atoms with Crippen molar-refractivity contribution in [2.45, 2.75) is 58.3 Å². The van der Waals surface area contributed by atoms with Gasteiger partial charge < -0.3 is 14.8 Å². The smallest absolute Gasteiger partial charge is 0.408 e. The van der Waals surface area contributed by atoms with E-state index in [1.165, 1.54) is 37.4 Å². The van der Waals surface area contributed by atoms with Gasteiger partial charge in [0.1, 0.15) is 43.2 Å². The number of fused-ring (bicyclic) bond motifs is 2. The van der Waals surface area contributed by atoms with Crippen LogP contribution in [0.25, 0.3) is 27.5 Å². The zero-order valence-corrected chi connectivity index (χ0v) is 33.3. The third-order valence-electron chi connectivity index (χ3n) is 8.76. The Balaban J connectivity index is 1.68. The molecule has 2 heterocycles. The molecule has 0 bridgehead atoms. The van der Waals surface area contributed by atoms with Gasteiger partial charge in [0, 0.05) is 12.5 Å². The lowest BCUT2D eigenvalue weighted by atomic mass is 9.95. The molecule has 1 amide bonds. The number of halogens is 5. The van der Waals surface area contributed by atoms with Crippen LogP contribution in [0.4, 0.5) is 28.2 Å². The van der Waals surface area contributed by atoms with Gasteiger partial charge in [-0.3, -0.25) is 14.0 Å². The quantitative estimate of drug-likeness (QED) is 0.109. The highest BCUT2D eigenvalue weighted by molar-refractivity contribution is 7.92. The minimum absolute atomic E-state index is 0.00582. The number of carbonyl (C=O) groups is 1. The number of ether oxygens (including phenoxy) is 2. The third-order valence-corrected chi connectivity index (χ3v) is 10.2. The van der Waals surface area contributed by atoms with Gasteiger partial charge in [-0.2, -0.15) is 5.10 Å². The Hall–Kier alpha value is -5.62. The van der Waals surface area contributed by atoms with Crippen LogP contribution < -0.4 is 25.4 Å². The Bertz CT molecular complexity index is 2690. The van der Waals surface area contributed by atoms with Crippen LogP contribution in [-0.2, 0) is 34.3 Å². The Kier molecular flexibility index (Phi) is 11.8. The number of benzene rings is 4. The van der Waals surface area contributed by atoms with Crippen molar-refractivity contribution in [3.63, 3.8) is 0 Å². The van der Waals surface area contributed by atoms with Crippen LogP contribution in [0.1, 0.15) is 43.8 Å². The molecule has 1 atom stereocenters. The van der Waals surface area contributed by atoms with E-state index in [1.54, 1.807) is 45.0 Å². The highest BCUT2D eigenvalue weighted by Gasteiger charge is 2.32. The summed E-state index contributed by atoms with van der Waals surface area (Å²) < 4.78 is 98.3. The van der Waals surface area contributed by atoms with Gasteiger partial charge >= 0.3 is 6.09 Å². The normalized spacial score (nSPS) is 12.6. The molecule has 12 nitrogen and oxygen atoms in total. The minimum atomic E-state index is -4.20. The Morgan fingerprint density at radius 3 is 2.28 bits per heavy atom. The maximum absolute atomic E-state index is 14.8. The molecule has 6 aromatic rings. The number of amides is 1. The monoisotopic (exact) mass is 838 g/mol. The topological polar surface area (TPSA) is 138 Å². The van der Waals surface area contributed by atoms with Gasteiger partial charge in [-0.05, 0) is 80.4 Å². The molecule has 0 saturated carbocycles. The minimum Gasteiger partial charge on any atom is -0.497 e. The number of alkyl carbamates (subject to hydrolysis) is 1. The summed E-state index contributed by atoms with van der Waals surface area (Å²) in [5.41, 5.74) is -1.33. The fourth-order valence-corrected chi connectivity index (χ4v) is 7.48. The fourth-order valence-electron chi connectivity index (χ4n) is 6.42. The second-order valence-electron chi connectivity index (χ2n) is 14.4. The van der Waals surface area contributed by atoms with Crippen molar-refractivity contribution in [3.8, 4) is 11.4 Å². The van der Waals surface area contributed by atoms with E-state index in [9.17, 15) is 35.6 Å². The molecule has 4 aromatic carbocycles. The summed E-state index contributed by atoms with van der Waals surface area (Å²) in [4.78, 5) is 32.9. The molecule has 6 rings (SSSR count). The van der Waals surface area contributed by atoms with Gasteiger partial charge in [0.25, 0.3) is 12.0 Å². The first-order chi connectivity index (χ1) is 27.2. The summed E-state index contributed by atoms with van der Waals surface area (Å²) >= 11 is 6.79. The molecule has 19 heteroatoms. The summed E-state index contributed by atoms with van der Waals surface area (Å²) in [5.74, 6) is -1.91. The van der Waals surface area contributed by atoms with E-state index >= 15 is 0 Å². The molecule has 0 aliphatic heterocycles. The number of rotatable bonds is 12. The first-order valence-corrected chi connectivity index (χ1v) is 19.8. The predicted molar refractivity (Wildman–Crippen MR) is 213 cm³/mol. The molecule has 0 spiro atoms. The first-order valence-electron chi connectivity index (χ1n) is 17.6. The van der Waals surface area contributed by atoms with Gasteiger partial charge in [-0.15, -0.1) is 0 Å². The number of aromatic nitrogens is 4. The molecular formula is C39H36BClF4N6O6S. The molecule has 2 aromatic heterocycles. The highest BCUT2D eigenvalue weighted by Crippen LogP contribution is 2.39. The van der Waals surface area contributed by atoms with Crippen molar-refractivity contribution < 1.29 is 40.2 Å². The maximum Gasteiger partial charge on any atom is 0.408 e. The summed E-state index contributed by atoms with van der Waals surface area (Å²) in [5, 5.41) is 6.82. The van der Waals surface area contributed by atoms with Crippen molar-refractivity contribution >= 4 is 68.7 Å². The van der Waals surface area contributed by atoms with Gasteiger partial charge in [0.15, 0.2) is 5.82 Å². The zero-order chi connectivity index (χ0) is 42.3. The van der Waals surface area contributed by atoms with Crippen LogP contribution in [0, 0.1) is 11.6 Å². The van der Waals surface area contributed by atoms with Crippen LogP contribution in [0.3, 0.4) is 0 Å². The molecular weight excluding hydrogens is 803 g/mol. The number of nitrogens with one attached hydrogen (secondary N) is 1. The summed E-state index contributed by atoms with van der Waals surface area (Å²) in [7, 11) is 3.34. The van der Waals surface area contributed by atoms with Crippen molar-refractivity contribution in [3.05, 3.63) is 117 Å². The SMILES string of the molecule is [B]c1ccc2c(=O)n(-c3ccc(Cl)c4c(N(Cc5ccc(OC)cc5)S(C)(=O)=O)nn(CC(F)F)c34)c([C@H](Cc3cc(F)cc(F)c3)NC(=O)OC(C)(C)C)nc2c1.